The maximum atomic E-state index is 15.8. The van der Waals surface area contributed by atoms with E-state index in [1.165, 1.54) is 20.3 Å². The first-order chi connectivity index (χ1) is 29.5. The third-order valence-electron chi connectivity index (χ3n) is 14.7. The summed E-state index contributed by atoms with van der Waals surface area (Å²) < 4.78 is 11.1. The topological polar surface area (TPSA) is 164 Å². The van der Waals surface area contributed by atoms with Gasteiger partial charge in [0, 0.05) is 73.7 Å². The molecule has 13 heteroatoms. The van der Waals surface area contributed by atoms with Crippen molar-refractivity contribution in [3.8, 4) is 23.0 Å². The molecular weight excluding hydrogens is 777 g/mol. The maximum Gasteiger partial charge on any atom is 0.252 e. The van der Waals surface area contributed by atoms with Gasteiger partial charge in [0.2, 0.25) is 0 Å². The summed E-state index contributed by atoms with van der Waals surface area (Å²) in [6.45, 7) is 1.20. The van der Waals surface area contributed by atoms with Crippen LogP contribution in [0.2, 0.25) is 0 Å². The first-order valence-corrected chi connectivity index (χ1v) is 20.9. The Morgan fingerprint density at radius 3 is 1.56 bits per heavy atom. The molecule has 0 aromatic heterocycles. The number of aliphatic hydroxyl groups excluding tert-OH is 2. The number of carbonyl (C=O) groups is 3. The number of hydrogen-bond acceptors (Lipinski definition) is 11. The van der Waals surface area contributed by atoms with Crippen LogP contribution in [0.25, 0.3) is 0 Å². The average Bonchev–Trinajstić information content (AvgIpc) is 4.12. The summed E-state index contributed by atoms with van der Waals surface area (Å²) in [6.07, 6.45) is 4.47. The molecule has 61 heavy (non-hydrogen) atoms. The van der Waals surface area contributed by atoms with Gasteiger partial charge in [-0.1, -0.05) is 48.5 Å². The monoisotopic (exact) mass is 828 g/mol. The largest absolute Gasteiger partial charge is 0.512 e. The third kappa shape index (κ3) is 5.33. The van der Waals surface area contributed by atoms with Crippen molar-refractivity contribution in [3.63, 3.8) is 0 Å². The maximum absolute atomic E-state index is 15.8. The Kier molecular flexibility index (Phi) is 9.92. The van der Waals surface area contributed by atoms with E-state index in [1.54, 1.807) is 54.2 Å². The van der Waals surface area contributed by atoms with Crippen LogP contribution in [-0.2, 0) is 25.5 Å². The molecule has 2 spiro atoms. The summed E-state index contributed by atoms with van der Waals surface area (Å²) >= 11 is 0. The van der Waals surface area contributed by atoms with Gasteiger partial charge in [0.15, 0.2) is 28.8 Å². The highest BCUT2D eigenvalue weighted by Crippen LogP contribution is 2.65. The molecule has 6 heterocycles. The lowest BCUT2D eigenvalue weighted by Crippen LogP contribution is -2.54. The highest BCUT2D eigenvalue weighted by atomic mass is 16.5. The van der Waals surface area contributed by atoms with Gasteiger partial charge in [-0.05, 0) is 86.3 Å². The van der Waals surface area contributed by atoms with Crippen molar-refractivity contribution < 1.29 is 44.3 Å². The molecule has 4 saturated heterocycles. The number of fused-ring (bicyclic) bond motifs is 8. The zero-order valence-electron chi connectivity index (χ0n) is 35.0. The molecule has 0 unspecified atom stereocenters. The third-order valence-corrected chi connectivity index (χ3v) is 14.7. The Balaban J connectivity index is 0.00000235. The molecule has 13 nitrogen and oxygen atoms in total. The van der Waals surface area contributed by atoms with Crippen LogP contribution in [0.3, 0.4) is 0 Å². The number of phenolic OH excluding ortho intramolecular Hbond substituents is 2. The molecule has 4 fully saturated rings. The second-order valence-corrected chi connectivity index (χ2v) is 16.9. The Bertz CT molecular complexity index is 2470. The van der Waals surface area contributed by atoms with Gasteiger partial charge in [-0.3, -0.25) is 24.2 Å². The van der Waals surface area contributed by atoms with E-state index in [4.69, 9.17) is 14.6 Å². The number of methoxy groups -OCH3 is 2. The zero-order valence-corrected chi connectivity index (χ0v) is 35.0. The van der Waals surface area contributed by atoms with E-state index in [0.717, 1.165) is 66.4 Å². The van der Waals surface area contributed by atoms with E-state index in [9.17, 15) is 15.3 Å². The molecule has 4 aromatic carbocycles. The predicted molar refractivity (Wildman–Crippen MR) is 228 cm³/mol. The van der Waals surface area contributed by atoms with Crippen LogP contribution >= 0.6 is 0 Å². The van der Waals surface area contributed by atoms with Gasteiger partial charge in [0.25, 0.3) is 11.8 Å². The Morgan fingerprint density at radius 2 is 1.10 bits per heavy atom. The number of likely N-dealkylation sites (N-methyl/N-ethyl adjacent to an activating group) is 2. The smallest absolute Gasteiger partial charge is 0.252 e. The number of ketones is 1. The van der Waals surface area contributed by atoms with Crippen molar-refractivity contribution in [2.24, 2.45) is 11.8 Å². The Labute approximate surface area is 355 Å². The average molecular weight is 829 g/mol. The molecule has 0 bridgehead atoms. The van der Waals surface area contributed by atoms with E-state index >= 15 is 14.4 Å². The number of para-hydroxylation sites is 2. The van der Waals surface area contributed by atoms with Gasteiger partial charge in [-0.2, -0.15) is 0 Å². The molecule has 6 aliphatic rings. The number of anilines is 2. The van der Waals surface area contributed by atoms with Crippen molar-refractivity contribution in [1.82, 2.24) is 9.80 Å². The number of aliphatic hydroxyl groups is 2. The van der Waals surface area contributed by atoms with Crippen molar-refractivity contribution >= 4 is 29.0 Å². The highest BCUT2D eigenvalue weighted by Gasteiger charge is 2.72. The number of allylic oxidation sites excluding steroid dienone is 1. The summed E-state index contributed by atoms with van der Waals surface area (Å²) in [5.41, 5.74) is 1.74. The van der Waals surface area contributed by atoms with Crippen LogP contribution < -0.4 is 19.3 Å². The fourth-order valence-electron chi connectivity index (χ4n) is 12.6. The first-order valence-electron chi connectivity index (χ1n) is 20.9. The van der Waals surface area contributed by atoms with Crippen LogP contribution in [0.15, 0.2) is 96.8 Å². The van der Waals surface area contributed by atoms with Crippen molar-refractivity contribution in [2.45, 2.75) is 60.7 Å². The minimum absolute atomic E-state index is 0.0313. The lowest BCUT2D eigenvalue weighted by Gasteiger charge is -2.38. The second kappa shape index (κ2) is 14.9. The number of nitrogens with zero attached hydrogens (tertiary/aromatic N) is 4. The van der Waals surface area contributed by atoms with Crippen LogP contribution in [0.4, 0.5) is 11.4 Å². The lowest BCUT2D eigenvalue weighted by atomic mass is 9.68. The van der Waals surface area contributed by atoms with Crippen LogP contribution in [0.5, 0.6) is 23.0 Å². The van der Waals surface area contributed by atoms with E-state index in [0.29, 0.717) is 13.1 Å². The fourth-order valence-corrected chi connectivity index (χ4v) is 12.6. The Hall–Kier alpha value is -5.89. The van der Waals surface area contributed by atoms with Gasteiger partial charge in [-0.15, -0.1) is 0 Å². The Morgan fingerprint density at radius 1 is 0.672 bits per heavy atom. The molecular formula is C48H52N4O9. The first kappa shape index (κ1) is 40.5. The van der Waals surface area contributed by atoms with E-state index in [2.05, 4.69) is 9.80 Å². The molecule has 0 aliphatic carbocycles. The van der Waals surface area contributed by atoms with Crippen molar-refractivity contribution in [3.05, 3.63) is 119 Å². The number of ether oxygens (including phenoxy) is 2. The molecule has 4 N–H and O–H groups in total. The number of benzene rings is 4. The summed E-state index contributed by atoms with van der Waals surface area (Å²) in [5.74, 6) is -3.54. The number of phenols is 2. The van der Waals surface area contributed by atoms with Gasteiger partial charge >= 0.3 is 0 Å². The minimum atomic E-state index is -1.39. The van der Waals surface area contributed by atoms with Crippen molar-refractivity contribution in [1.29, 1.82) is 0 Å². The predicted octanol–water partition coefficient (Wildman–Crippen LogP) is 5.53. The van der Waals surface area contributed by atoms with Crippen LogP contribution in [0, 0.1) is 11.8 Å². The fraction of sp³-hybridized carbons (Fsp3) is 0.396. The standard InChI is InChI=1S/C47H48N4O8.CH4O/c1-48-30-13-7-5-11-28(30)46(44(48)56)42(40(32-15-9-21-50(32)46)26-17-19-34(52)38(23-26)58-3)36(54)25-37(55)43-41(27-18-20-35(53)39(24-27)59-4)33-16-10-22-51(33)47(43)29-12-6-8-14-31(29)49(2)45(47)57;1-2/h5-8,11-14,17-20,23-25,32-33,40-43,52-54H,9-10,15-16,21-22H2,1-4H3;2H,1H3/b36-25-;/t32-,33-,40-,41-,42+,43+,46+,47+;/m0./s1. The second-order valence-electron chi connectivity index (χ2n) is 16.9. The van der Waals surface area contributed by atoms with Gasteiger partial charge in [0.1, 0.15) is 16.8 Å². The normalized spacial score (nSPS) is 30.1. The SMILES string of the molecule is CO.COc1cc([C@@H]2[C@@H](C(=O)/C=C(\O)[C@@H]3[C@@H](c4ccc(O)c(OC)c4)[C@@H]4CCCN4[C@@]34C(=O)N(C)c3ccccc34)[C@]3(C(=O)N(C)c4ccccc43)N3CCC[C@@H]23)ccc1O. The molecule has 10 rings (SSSR count). The summed E-state index contributed by atoms with van der Waals surface area (Å²) in [7, 11) is 7.47. The number of amides is 2. The number of carbonyl (C=O) groups excluding carboxylic acids is 3. The summed E-state index contributed by atoms with van der Waals surface area (Å²) in [5, 5.41) is 41.4. The molecule has 0 radical (unpaired) electrons. The molecule has 8 atom stereocenters. The minimum Gasteiger partial charge on any atom is -0.512 e. The summed E-state index contributed by atoms with van der Waals surface area (Å²) in [4.78, 5) is 53.8. The molecule has 318 valence electrons. The van der Waals surface area contributed by atoms with E-state index in [1.807, 2.05) is 54.6 Å². The lowest BCUT2D eigenvalue weighted by molar-refractivity contribution is -0.136. The van der Waals surface area contributed by atoms with Crippen LogP contribution in [0.1, 0.15) is 59.8 Å². The molecule has 2 amide bonds. The van der Waals surface area contributed by atoms with Crippen LogP contribution in [-0.4, -0.2) is 108 Å². The number of rotatable bonds is 7. The van der Waals surface area contributed by atoms with Gasteiger partial charge in [-0.25, -0.2) is 0 Å². The molecule has 6 aliphatic heterocycles. The van der Waals surface area contributed by atoms with Gasteiger partial charge < -0.3 is 39.7 Å². The van der Waals surface area contributed by atoms with E-state index < -0.39 is 40.5 Å². The highest BCUT2D eigenvalue weighted by molar-refractivity contribution is 6.13. The summed E-state index contributed by atoms with van der Waals surface area (Å²) in [6, 6.07) is 25.2. The van der Waals surface area contributed by atoms with Crippen molar-refractivity contribution in [2.75, 3.05) is 58.3 Å². The van der Waals surface area contributed by atoms with E-state index in [-0.39, 0.29) is 52.7 Å². The zero-order chi connectivity index (χ0) is 43.1. The number of aromatic hydroxyl groups is 2. The quantitative estimate of drug-likeness (QED) is 0.137. The molecule has 0 saturated carbocycles. The van der Waals surface area contributed by atoms with Gasteiger partial charge in [0.05, 0.1) is 26.1 Å². The number of hydrogen-bond donors (Lipinski definition) is 4. The molecule has 4 aromatic rings.